The number of nitrogens with zero attached hydrogens (tertiary/aromatic N) is 1. The van der Waals surface area contributed by atoms with E-state index in [-0.39, 0.29) is 11.8 Å². The van der Waals surface area contributed by atoms with Gasteiger partial charge in [0.1, 0.15) is 0 Å². The van der Waals surface area contributed by atoms with E-state index in [0.717, 1.165) is 0 Å². The van der Waals surface area contributed by atoms with Gasteiger partial charge in [0.05, 0.1) is 5.75 Å². The quantitative estimate of drug-likeness (QED) is 0.928. The Morgan fingerprint density at radius 3 is 2.21 bits per heavy atom. The van der Waals surface area contributed by atoms with Crippen molar-refractivity contribution in [1.29, 1.82) is 0 Å². The van der Waals surface area contributed by atoms with Crippen LogP contribution in [0.25, 0.3) is 0 Å². The molecule has 1 saturated heterocycles. The lowest BCUT2D eigenvalue weighted by atomic mass is 10.1. The van der Waals surface area contributed by atoms with Crippen molar-refractivity contribution < 1.29 is 8.42 Å². The molecule has 2 rings (SSSR count). The topological polar surface area (TPSA) is 63.4 Å². The standard InChI is InChI=1S/C12H16Cl2N2O2S/c13-10-5-9(6-11(14)7-10)8-19(17,18)16-3-1-12(15)2-4-16/h5-7,12H,1-4,8,15H2. The molecule has 4 nitrogen and oxygen atoms in total. The zero-order valence-corrected chi connectivity index (χ0v) is 12.7. The van der Waals surface area contributed by atoms with Crippen LogP contribution in [0.1, 0.15) is 18.4 Å². The van der Waals surface area contributed by atoms with Gasteiger partial charge in [0.2, 0.25) is 10.0 Å². The highest BCUT2D eigenvalue weighted by Gasteiger charge is 2.26. The number of rotatable bonds is 3. The molecule has 1 fully saturated rings. The summed E-state index contributed by atoms with van der Waals surface area (Å²) >= 11 is 11.7. The molecular formula is C12H16Cl2N2O2S. The Balaban J connectivity index is 2.12. The Hall–Kier alpha value is -0.330. The fourth-order valence-corrected chi connectivity index (χ4v) is 4.26. The van der Waals surface area contributed by atoms with Crippen LogP contribution in [-0.4, -0.2) is 31.9 Å². The van der Waals surface area contributed by atoms with Crippen LogP contribution >= 0.6 is 23.2 Å². The number of sulfonamides is 1. The molecule has 0 amide bonds. The summed E-state index contributed by atoms with van der Waals surface area (Å²) in [5.74, 6) is -0.0808. The van der Waals surface area contributed by atoms with E-state index in [0.29, 0.717) is 41.5 Å². The van der Waals surface area contributed by atoms with Gasteiger partial charge in [-0.2, -0.15) is 0 Å². The van der Waals surface area contributed by atoms with Gasteiger partial charge < -0.3 is 5.73 Å². The maximum Gasteiger partial charge on any atom is 0.218 e. The largest absolute Gasteiger partial charge is 0.328 e. The molecule has 1 heterocycles. The maximum absolute atomic E-state index is 12.3. The number of hydrogen-bond acceptors (Lipinski definition) is 3. The summed E-state index contributed by atoms with van der Waals surface area (Å²) in [6, 6.07) is 4.94. The Morgan fingerprint density at radius 2 is 1.68 bits per heavy atom. The average molecular weight is 323 g/mol. The molecule has 0 unspecified atom stereocenters. The van der Waals surface area contributed by atoms with Gasteiger partial charge in [-0.1, -0.05) is 23.2 Å². The molecule has 0 aromatic heterocycles. The van der Waals surface area contributed by atoms with E-state index < -0.39 is 10.0 Å². The van der Waals surface area contributed by atoms with Crippen LogP contribution in [-0.2, 0) is 15.8 Å². The predicted molar refractivity (Wildman–Crippen MR) is 77.9 cm³/mol. The maximum atomic E-state index is 12.3. The van der Waals surface area contributed by atoms with Gasteiger partial charge in [0, 0.05) is 29.2 Å². The molecule has 7 heteroatoms. The summed E-state index contributed by atoms with van der Waals surface area (Å²) in [6.07, 6.45) is 1.41. The number of piperidine rings is 1. The lowest BCUT2D eigenvalue weighted by Gasteiger charge is -2.29. The van der Waals surface area contributed by atoms with E-state index in [9.17, 15) is 8.42 Å². The second kappa shape index (κ2) is 5.97. The molecule has 0 radical (unpaired) electrons. The summed E-state index contributed by atoms with van der Waals surface area (Å²) in [5, 5.41) is 0.886. The molecule has 0 bridgehead atoms. The summed E-state index contributed by atoms with van der Waals surface area (Å²) in [4.78, 5) is 0. The molecule has 1 aromatic carbocycles. The Labute approximate surface area is 123 Å². The first kappa shape index (κ1) is 15.1. The highest BCUT2D eigenvalue weighted by Crippen LogP contribution is 2.22. The van der Waals surface area contributed by atoms with E-state index in [1.54, 1.807) is 18.2 Å². The molecule has 0 atom stereocenters. The van der Waals surface area contributed by atoms with Crippen LogP contribution in [0.4, 0.5) is 0 Å². The first-order valence-corrected chi connectivity index (χ1v) is 8.42. The van der Waals surface area contributed by atoms with Crippen LogP contribution < -0.4 is 5.73 Å². The van der Waals surface area contributed by atoms with Crippen LogP contribution in [0.15, 0.2) is 18.2 Å². The monoisotopic (exact) mass is 322 g/mol. The van der Waals surface area contributed by atoms with E-state index in [2.05, 4.69) is 0 Å². The highest BCUT2D eigenvalue weighted by atomic mass is 35.5. The van der Waals surface area contributed by atoms with E-state index in [1.165, 1.54) is 4.31 Å². The first-order chi connectivity index (χ1) is 8.87. The fraction of sp³-hybridized carbons (Fsp3) is 0.500. The van der Waals surface area contributed by atoms with Crippen molar-refractivity contribution in [3.63, 3.8) is 0 Å². The third-order valence-corrected chi connectivity index (χ3v) is 5.45. The zero-order valence-electron chi connectivity index (χ0n) is 10.4. The molecule has 1 aliphatic rings. The average Bonchev–Trinajstić information content (AvgIpc) is 2.27. The van der Waals surface area contributed by atoms with E-state index in [1.807, 2.05) is 0 Å². The van der Waals surface area contributed by atoms with Crippen LogP contribution in [0.5, 0.6) is 0 Å². The molecule has 1 aliphatic heterocycles. The van der Waals surface area contributed by atoms with Crippen molar-refractivity contribution in [2.45, 2.75) is 24.6 Å². The summed E-state index contributed by atoms with van der Waals surface area (Å²) in [6.45, 7) is 0.968. The molecule has 0 aliphatic carbocycles. The second-order valence-corrected chi connectivity index (χ2v) is 7.61. The second-order valence-electron chi connectivity index (χ2n) is 4.77. The van der Waals surface area contributed by atoms with E-state index >= 15 is 0 Å². The van der Waals surface area contributed by atoms with Crippen molar-refractivity contribution in [2.75, 3.05) is 13.1 Å². The Morgan fingerprint density at radius 1 is 1.16 bits per heavy atom. The highest BCUT2D eigenvalue weighted by molar-refractivity contribution is 7.88. The Kier molecular flexibility index (Phi) is 4.74. The van der Waals surface area contributed by atoms with Crippen molar-refractivity contribution in [2.24, 2.45) is 5.73 Å². The van der Waals surface area contributed by atoms with Gasteiger partial charge in [-0.3, -0.25) is 0 Å². The lowest BCUT2D eigenvalue weighted by Crippen LogP contribution is -2.43. The van der Waals surface area contributed by atoms with Gasteiger partial charge in [0.15, 0.2) is 0 Å². The van der Waals surface area contributed by atoms with Gasteiger partial charge in [-0.25, -0.2) is 12.7 Å². The first-order valence-electron chi connectivity index (χ1n) is 6.05. The fourth-order valence-electron chi connectivity index (χ4n) is 2.15. The molecule has 106 valence electrons. The SMILES string of the molecule is NC1CCN(S(=O)(=O)Cc2cc(Cl)cc(Cl)c2)CC1. The van der Waals surface area contributed by atoms with Crippen LogP contribution in [0, 0.1) is 0 Å². The molecule has 0 saturated carbocycles. The number of hydrogen-bond donors (Lipinski definition) is 1. The minimum atomic E-state index is -3.33. The number of benzene rings is 1. The van der Waals surface area contributed by atoms with Crippen molar-refractivity contribution in [3.05, 3.63) is 33.8 Å². The minimum absolute atomic E-state index is 0.0808. The molecular weight excluding hydrogens is 307 g/mol. The van der Waals surface area contributed by atoms with Gasteiger partial charge in [-0.05, 0) is 36.6 Å². The number of nitrogens with two attached hydrogens (primary N) is 1. The number of halogens is 2. The molecule has 19 heavy (non-hydrogen) atoms. The summed E-state index contributed by atoms with van der Waals surface area (Å²) in [7, 11) is -3.33. The zero-order chi connectivity index (χ0) is 14.0. The van der Waals surface area contributed by atoms with Crippen LogP contribution in [0.3, 0.4) is 0 Å². The van der Waals surface area contributed by atoms with Crippen LogP contribution in [0.2, 0.25) is 10.0 Å². The minimum Gasteiger partial charge on any atom is -0.328 e. The molecule has 1 aromatic rings. The van der Waals surface area contributed by atoms with Crippen molar-refractivity contribution in [1.82, 2.24) is 4.31 Å². The van der Waals surface area contributed by atoms with Gasteiger partial charge in [0.25, 0.3) is 0 Å². The Bertz CT molecular complexity index is 535. The van der Waals surface area contributed by atoms with Gasteiger partial charge >= 0.3 is 0 Å². The molecule has 0 spiro atoms. The van der Waals surface area contributed by atoms with Crippen molar-refractivity contribution in [3.8, 4) is 0 Å². The third kappa shape index (κ3) is 4.07. The normalized spacial score (nSPS) is 18.7. The van der Waals surface area contributed by atoms with Gasteiger partial charge in [-0.15, -0.1) is 0 Å². The smallest absolute Gasteiger partial charge is 0.218 e. The predicted octanol–water partition coefficient (Wildman–Crippen LogP) is 2.25. The van der Waals surface area contributed by atoms with Crippen molar-refractivity contribution >= 4 is 33.2 Å². The summed E-state index contributed by atoms with van der Waals surface area (Å²) in [5.41, 5.74) is 6.38. The third-order valence-electron chi connectivity index (χ3n) is 3.16. The summed E-state index contributed by atoms with van der Waals surface area (Å²) < 4.78 is 26.1. The lowest BCUT2D eigenvalue weighted by molar-refractivity contribution is 0.319. The molecule has 2 N–H and O–H groups in total. The van der Waals surface area contributed by atoms with E-state index in [4.69, 9.17) is 28.9 Å².